The molecule has 1 unspecified atom stereocenters. The minimum absolute atomic E-state index is 0.320. The fourth-order valence-corrected chi connectivity index (χ4v) is 2.58. The standard InChI is InChI=1S/C18H20O2S/c19-18(20)17(7-4-12-21)13-14-8-10-16(11-9-14)15-5-2-1-3-6-15/h1-3,5-6,8-11,17,21H,4,7,12-13H2,(H,19,20). The van der Waals surface area contributed by atoms with Crippen LogP contribution in [-0.2, 0) is 11.2 Å². The third-order valence-corrected chi connectivity index (χ3v) is 3.92. The lowest BCUT2D eigenvalue weighted by Gasteiger charge is -2.12. The van der Waals surface area contributed by atoms with E-state index in [1.54, 1.807) is 0 Å². The van der Waals surface area contributed by atoms with Crippen LogP contribution in [-0.4, -0.2) is 16.8 Å². The van der Waals surface area contributed by atoms with Crippen LogP contribution >= 0.6 is 12.6 Å². The van der Waals surface area contributed by atoms with Gasteiger partial charge in [-0.25, -0.2) is 0 Å². The molecule has 0 fully saturated rings. The smallest absolute Gasteiger partial charge is 0.306 e. The summed E-state index contributed by atoms with van der Waals surface area (Å²) in [7, 11) is 0. The number of benzene rings is 2. The fraction of sp³-hybridized carbons (Fsp3) is 0.278. The van der Waals surface area contributed by atoms with Crippen LogP contribution in [0.2, 0.25) is 0 Å². The van der Waals surface area contributed by atoms with Crippen molar-refractivity contribution >= 4 is 18.6 Å². The zero-order valence-corrected chi connectivity index (χ0v) is 12.8. The molecule has 0 amide bonds. The topological polar surface area (TPSA) is 37.3 Å². The van der Waals surface area contributed by atoms with Crippen LogP contribution in [0.4, 0.5) is 0 Å². The average Bonchev–Trinajstić information content (AvgIpc) is 2.52. The van der Waals surface area contributed by atoms with E-state index in [2.05, 4.69) is 36.9 Å². The Hall–Kier alpha value is -1.74. The Morgan fingerprint density at radius 3 is 2.19 bits per heavy atom. The van der Waals surface area contributed by atoms with E-state index in [4.69, 9.17) is 0 Å². The number of hydrogen-bond acceptors (Lipinski definition) is 2. The predicted octanol–water partition coefficient (Wildman–Crippen LogP) is 4.31. The average molecular weight is 300 g/mol. The Balaban J connectivity index is 2.06. The molecule has 2 nitrogen and oxygen atoms in total. The van der Waals surface area contributed by atoms with Gasteiger partial charge in [0.05, 0.1) is 5.92 Å². The van der Waals surface area contributed by atoms with E-state index >= 15 is 0 Å². The Kier molecular flexibility index (Phi) is 5.88. The molecule has 0 saturated carbocycles. The van der Waals surface area contributed by atoms with Gasteiger partial charge >= 0.3 is 5.97 Å². The number of thiol groups is 1. The summed E-state index contributed by atoms with van der Waals surface area (Å²) in [4.78, 5) is 11.3. The lowest BCUT2D eigenvalue weighted by molar-refractivity contribution is -0.141. The van der Waals surface area contributed by atoms with E-state index in [0.29, 0.717) is 12.8 Å². The Labute approximate surface area is 131 Å². The van der Waals surface area contributed by atoms with Gasteiger partial charge in [0.2, 0.25) is 0 Å². The van der Waals surface area contributed by atoms with Gasteiger partial charge in [-0.2, -0.15) is 12.6 Å². The Morgan fingerprint density at radius 2 is 1.62 bits per heavy atom. The van der Waals surface area contributed by atoms with Gasteiger partial charge in [0.1, 0.15) is 0 Å². The molecule has 21 heavy (non-hydrogen) atoms. The van der Waals surface area contributed by atoms with Gasteiger partial charge in [-0.05, 0) is 41.7 Å². The number of carboxylic acids is 1. The molecule has 0 radical (unpaired) electrons. The molecule has 3 heteroatoms. The number of carbonyl (C=O) groups is 1. The van der Waals surface area contributed by atoms with Crippen molar-refractivity contribution in [2.45, 2.75) is 19.3 Å². The molecule has 110 valence electrons. The van der Waals surface area contributed by atoms with Crippen molar-refractivity contribution in [3.8, 4) is 11.1 Å². The molecule has 0 aromatic heterocycles. The first-order valence-corrected chi connectivity index (χ1v) is 7.82. The van der Waals surface area contributed by atoms with E-state index < -0.39 is 5.97 Å². The molecular formula is C18H20O2S. The summed E-state index contributed by atoms with van der Waals surface area (Å²) in [5.41, 5.74) is 3.40. The van der Waals surface area contributed by atoms with Gasteiger partial charge in [0.15, 0.2) is 0 Å². The summed E-state index contributed by atoms with van der Waals surface area (Å²) in [6.07, 6.45) is 2.10. The van der Waals surface area contributed by atoms with Gasteiger partial charge in [-0.1, -0.05) is 54.6 Å². The van der Waals surface area contributed by atoms with Crippen molar-refractivity contribution in [1.29, 1.82) is 0 Å². The highest BCUT2D eigenvalue weighted by Gasteiger charge is 2.17. The van der Waals surface area contributed by atoms with Gasteiger partial charge < -0.3 is 5.11 Å². The van der Waals surface area contributed by atoms with Crippen molar-refractivity contribution in [3.63, 3.8) is 0 Å². The van der Waals surface area contributed by atoms with E-state index in [-0.39, 0.29) is 5.92 Å². The molecular weight excluding hydrogens is 280 g/mol. The van der Waals surface area contributed by atoms with Crippen LogP contribution < -0.4 is 0 Å². The largest absolute Gasteiger partial charge is 0.481 e. The van der Waals surface area contributed by atoms with Crippen LogP contribution in [0.25, 0.3) is 11.1 Å². The molecule has 0 saturated heterocycles. The number of rotatable bonds is 7. The van der Waals surface area contributed by atoms with E-state index in [9.17, 15) is 9.90 Å². The normalized spacial score (nSPS) is 12.0. The van der Waals surface area contributed by atoms with E-state index in [1.165, 1.54) is 5.56 Å². The van der Waals surface area contributed by atoms with Crippen molar-refractivity contribution in [1.82, 2.24) is 0 Å². The maximum absolute atomic E-state index is 11.3. The Morgan fingerprint density at radius 1 is 1.00 bits per heavy atom. The van der Waals surface area contributed by atoms with Gasteiger partial charge in [0, 0.05) is 0 Å². The molecule has 2 rings (SSSR count). The summed E-state index contributed by atoms with van der Waals surface area (Å²) in [6, 6.07) is 18.3. The minimum Gasteiger partial charge on any atom is -0.481 e. The van der Waals surface area contributed by atoms with Crippen LogP contribution in [0.15, 0.2) is 54.6 Å². The molecule has 0 heterocycles. The molecule has 2 aromatic rings. The minimum atomic E-state index is -0.719. The fourth-order valence-electron chi connectivity index (χ4n) is 2.40. The highest BCUT2D eigenvalue weighted by atomic mass is 32.1. The van der Waals surface area contributed by atoms with Crippen molar-refractivity contribution in [2.24, 2.45) is 5.92 Å². The van der Waals surface area contributed by atoms with Gasteiger partial charge in [-0.3, -0.25) is 4.79 Å². The number of hydrogen-bond donors (Lipinski definition) is 2. The second-order valence-corrected chi connectivity index (χ2v) is 5.62. The molecule has 1 atom stereocenters. The van der Waals surface area contributed by atoms with E-state index in [0.717, 1.165) is 23.3 Å². The summed E-state index contributed by atoms with van der Waals surface area (Å²) in [5, 5.41) is 9.27. The lowest BCUT2D eigenvalue weighted by Crippen LogP contribution is -2.16. The van der Waals surface area contributed by atoms with Crippen molar-refractivity contribution < 1.29 is 9.90 Å². The zero-order chi connectivity index (χ0) is 15.1. The van der Waals surface area contributed by atoms with Crippen LogP contribution in [0.3, 0.4) is 0 Å². The molecule has 0 bridgehead atoms. The molecule has 0 aliphatic carbocycles. The zero-order valence-electron chi connectivity index (χ0n) is 11.9. The molecule has 2 aromatic carbocycles. The van der Waals surface area contributed by atoms with Gasteiger partial charge in [0.25, 0.3) is 0 Å². The summed E-state index contributed by atoms with van der Waals surface area (Å²) >= 11 is 4.15. The first kappa shape index (κ1) is 15.6. The molecule has 1 N–H and O–H groups in total. The SMILES string of the molecule is O=C(O)C(CCCS)Cc1ccc(-c2ccccc2)cc1. The highest BCUT2D eigenvalue weighted by Crippen LogP contribution is 2.21. The van der Waals surface area contributed by atoms with Crippen molar-refractivity contribution in [3.05, 3.63) is 60.2 Å². The predicted molar refractivity (Wildman–Crippen MR) is 89.8 cm³/mol. The second-order valence-electron chi connectivity index (χ2n) is 5.17. The van der Waals surface area contributed by atoms with Crippen LogP contribution in [0.5, 0.6) is 0 Å². The summed E-state index contributed by atoms with van der Waals surface area (Å²) < 4.78 is 0. The maximum atomic E-state index is 11.3. The summed E-state index contributed by atoms with van der Waals surface area (Å²) in [5.74, 6) is -0.305. The molecule has 0 aliphatic heterocycles. The maximum Gasteiger partial charge on any atom is 0.306 e. The third-order valence-electron chi connectivity index (χ3n) is 3.60. The highest BCUT2D eigenvalue weighted by molar-refractivity contribution is 7.80. The third kappa shape index (κ3) is 4.64. The second kappa shape index (κ2) is 7.89. The Bertz CT molecular complexity index is 564. The van der Waals surface area contributed by atoms with E-state index in [1.807, 2.05) is 30.3 Å². The van der Waals surface area contributed by atoms with Gasteiger partial charge in [-0.15, -0.1) is 0 Å². The summed E-state index contributed by atoms with van der Waals surface area (Å²) in [6.45, 7) is 0. The molecule has 0 spiro atoms. The first-order valence-electron chi connectivity index (χ1n) is 7.18. The number of aliphatic carboxylic acids is 1. The quantitative estimate of drug-likeness (QED) is 0.748. The lowest BCUT2D eigenvalue weighted by atomic mass is 9.94. The molecule has 0 aliphatic rings. The van der Waals surface area contributed by atoms with Crippen LogP contribution in [0.1, 0.15) is 18.4 Å². The van der Waals surface area contributed by atoms with Crippen LogP contribution in [0, 0.1) is 5.92 Å². The monoisotopic (exact) mass is 300 g/mol. The number of carboxylic acid groups (broad SMARTS) is 1. The first-order chi connectivity index (χ1) is 10.2. The van der Waals surface area contributed by atoms with Crippen molar-refractivity contribution in [2.75, 3.05) is 5.75 Å².